The standard InChI is InChI=1S/C27H30N2O3S/c1-4-19(2)29(27(31)21-10-12-22(32-3)13-11-21)18-25(30)28-16-14-24-23(15-17-33-24)26(28)20-8-6-5-7-9-20/h5-13,15,17,19,26H,4,14,16,18H2,1-3H3. The SMILES string of the molecule is CCC(C)N(CC(=O)N1CCc2sccc2C1c1ccccc1)C(=O)c1ccc(OC)cc1. The molecule has 0 spiro atoms. The van der Waals surface area contributed by atoms with Crippen molar-refractivity contribution in [3.05, 3.63) is 87.6 Å². The van der Waals surface area contributed by atoms with Crippen LogP contribution in [0.15, 0.2) is 66.0 Å². The van der Waals surface area contributed by atoms with E-state index in [9.17, 15) is 9.59 Å². The third-order valence-corrected chi connectivity index (χ3v) is 7.42. The molecule has 2 aromatic carbocycles. The van der Waals surface area contributed by atoms with Gasteiger partial charge >= 0.3 is 0 Å². The molecule has 5 nitrogen and oxygen atoms in total. The van der Waals surface area contributed by atoms with Gasteiger partial charge in [-0.2, -0.15) is 0 Å². The van der Waals surface area contributed by atoms with Crippen LogP contribution in [0.2, 0.25) is 0 Å². The van der Waals surface area contributed by atoms with Gasteiger partial charge in [-0.25, -0.2) is 0 Å². The van der Waals surface area contributed by atoms with E-state index in [0.29, 0.717) is 17.9 Å². The highest BCUT2D eigenvalue weighted by Gasteiger charge is 2.34. The van der Waals surface area contributed by atoms with Crippen LogP contribution in [-0.2, 0) is 11.2 Å². The van der Waals surface area contributed by atoms with E-state index in [1.54, 1.807) is 47.6 Å². The van der Waals surface area contributed by atoms with E-state index >= 15 is 0 Å². The molecule has 3 aromatic rings. The summed E-state index contributed by atoms with van der Waals surface area (Å²) in [6, 6.07) is 19.2. The van der Waals surface area contributed by atoms with Gasteiger partial charge in [-0.3, -0.25) is 9.59 Å². The predicted molar refractivity (Wildman–Crippen MR) is 132 cm³/mol. The molecule has 172 valence electrons. The zero-order valence-electron chi connectivity index (χ0n) is 19.4. The van der Waals surface area contributed by atoms with Crippen LogP contribution in [0.5, 0.6) is 5.75 Å². The van der Waals surface area contributed by atoms with Gasteiger partial charge < -0.3 is 14.5 Å². The third kappa shape index (κ3) is 4.81. The quantitative estimate of drug-likeness (QED) is 0.487. The van der Waals surface area contributed by atoms with Crippen molar-refractivity contribution in [1.29, 1.82) is 0 Å². The van der Waals surface area contributed by atoms with Crippen molar-refractivity contribution in [2.24, 2.45) is 0 Å². The molecule has 2 heterocycles. The molecule has 6 heteroatoms. The molecular weight excluding hydrogens is 432 g/mol. The fraction of sp³-hybridized carbons (Fsp3) is 0.333. The average molecular weight is 463 g/mol. The average Bonchev–Trinajstić information content (AvgIpc) is 3.35. The summed E-state index contributed by atoms with van der Waals surface area (Å²) in [6.07, 6.45) is 1.61. The Hall–Kier alpha value is -3.12. The summed E-state index contributed by atoms with van der Waals surface area (Å²) in [6.45, 7) is 4.74. The second kappa shape index (κ2) is 10.2. The monoisotopic (exact) mass is 462 g/mol. The highest BCUT2D eigenvalue weighted by atomic mass is 32.1. The van der Waals surface area contributed by atoms with E-state index in [1.165, 1.54) is 10.4 Å². The molecule has 0 aliphatic carbocycles. The fourth-order valence-corrected chi connectivity index (χ4v) is 5.27. The third-order valence-electron chi connectivity index (χ3n) is 6.43. The number of hydrogen-bond donors (Lipinski definition) is 0. The maximum atomic E-state index is 13.7. The lowest BCUT2D eigenvalue weighted by molar-refractivity contribution is -0.134. The zero-order chi connectivity index (χ0) is 23.4. The molecular formula is C27H30N2O3S. The summed E-state index contributed by atoms with van der Waals surface area (Å²) in [5.41, 5.74) is 2.85. The largest absolute Gasteiger partial charge is 0.497 e. The van der Waals surface area contributed by atoms with Gasteiger partial charge in [0.15, 0.2) is 0 Å². The molecule has 0 bridgehead atoms. The van der Waals surface area contributed by atoms with Crippen LogP contribution in [0.3, 0.4) is 0 Å². The number of methoxy groups -OCH3 is 1. The molecule has 2 unspecified atom stereocenters. The van der Waals surface area contributed by atoms with Crippen LogP contribution in [0.1, 0.15) is 52.7 Å². The topological polar surface area (TPSA) is 49.9 Å². The Balaban J connectivity index is 1.61. The van der Waals surface area contributed by atoms with E-state index in [4.69, 9.17) is 4.74 Å². The first kappa shape index (κ1) is 23.1. The fourth-order valence-electron chi connectivity index (χ4n) is 4.36. The Morgan fingerprint density at radius 3 is 2.52 bits per heavy atom. The molecule has 0 N–H and O–H groups in total. The number of rotatable bonds is 7. The van der Waals surface area contributed by atoms with Crippen molar-refractivity contribution < 1.29 is 14.3 Å². The molecule has 0 saturated carbocycles. The molecule has 0 fully saturated rings. The van der Waals surface area contributed by atoms with E-state index < -0.39 is 0 Å². The van der Waals surface area contributed by atoms with Crippen molar-refractivity contribution in [1.82, 2.24) is 9.80 Å². The zero-order valence-corrected chi connectivity index (χ0v) is 20.2. The van der Waals surface area contributed by atoms with Gasteiger partial charge in [0.2, 0.25) is 5.91 Å². The summed E-state index contributed by atoms with van der Waals surface area (Å²) >= 11 is 1.75. The lowest BCUT2D eigenvalue weighted by Crippen LogP contribution is -2.49. The second-order valence-corrected chi connectivity index (χ2v) is 9.37. The number of thiophene rings is 1. The molecule has 33 heavy (non-hydrogen) atoms. The van der Waals surface area contributed by atoms with Gasteiger partial charge in [0.1, 0.15) is 12.3 Å². The minimum absolute atomic E-state index is 0.0251. The number of ether oxygens (including phenoxy) is 1. The van der Waals surface area contributed by atoms with Crippen molar-refractivity contribution >= 4 is 23.2 Å². The first-order valence-corrected chi connectivity index (χ1v) is 12.3. The molecule has 4 rings (SSSR count). The Labute approximate surface area is 199 Å². The summed E-state index contributed by atoms with van der Waals surface area (Å²) in [7, 11) is 1.60. The van der Waals surface area contributed by atoms with Gasteiger partial charge in [0, 0.05) is 23.0 Å². The molecule has 0 radical (unpaired) electrons. The first-order chi connectivity index (χ1) is 16.0. The van der Waals surface area contributed by atoms with Gasteiger partial charge in [0.25, 0.3) is 5.91 Å². The lowest BCUT2D eigenvalue weighted by Gasteiger charge is -2.38. The van der Waals surface area contributed by atoms with Crippen molar-refractivity contribution in [3.63, 3.8) is 0 Å². The van der Waals surface area contributed by atoms with Crippen LogP contribution in [0.4, 0.5) is 0 Å². The van der Waals surface area contributed by atoms with Crippen LogP contribution < -0.4 is 4.74 Å². The van der Waals surface area contributed by atoms with Crippen molar-refractivity contribution in [2.45, 2.75) is 38.8 Å². The van der Waals surface area contributed by atoms with Crippen LogP contribution in [-0.4, -0.2) is 47.9 Å². The van der Waals surface area contributed by atoms with Gasteiger partial charge in [-0.15, -0.1) is 11.3 Å². The number of carbonyl (C=O) groups excluding carboxylic acids is 2. The predicted octanol–water partition coefficient (Wildman–Crippen LogP) is 5.17. The maximum absolute atomic E-state index is 13.7. The first-order valence-electron chi connectivity index (χ1n) is 11.4. The van der Waals surface area contributed by atoms with Crippen molar-refractivity contribution in [2.75, 3.05) is 20.2 Å². The number of amides is 2. The molecule has 1 aromatic heterocycles. The van der Waals surface area contributed by atoms with E-state index in [2.05, 4.69) is 23.6 Å². The Morgan fingerprint density at radius 1 is 1.12 bits per heavy atom. The number of carbonyl (C=O) groups is 2. The number of benzene rings is 2. The molecule has 1 aliphatic rings. The minimum Gasteiger partial charge on any atom is -0.497 e. The molecule has 2 atom stereocenters. The normalized spacial score (nSPS) is 16.1. The number of fused-ring (bicyclic) bond motifs is 1. The van der Waals surface area contributed by atoms with Crippen LogP contribution >= 0.6 is 11.3 Å². The summed E-state index contributed by atoms with van der Waals surface area (Å²) in [5, 5.41) is 2.10. The Kier molecular flexibility index (Phi) is 7.14. The van der Waals surface area contributed by atoms with Gasteiger partial charge in [-0.1, -0.05) is 37.3 Å². The van der Waals surface area contributed by atoms with Crippen molar-refractivity contribution in [3.8, 4) is 5.75 Å². The molecule has 0 saturated heterocycles. The summed E-state index contributed by atoms with van der Waals surface area (Å²) in [4.78, 5) is 32.1. The van der Waals surface area contributed by atoms with Crippen LogP contribution in [0.25, 0.3) is 0 Å². The smallest absolute Gasteiger partial charge is 0.254 e. The minimum atomic E-state index is -0.134. The lowest BCUT2D eigenvalue weighted by atomic mass is 9.93. The van der Waals surface area contributed by atoms with Gasteiger partial charge in [0.05, 0.1) is 13.2 Å². The maximum Gasteiger partial charge on any atom is 0.254 e. The number of hydrogen-bond acceptors (Lipinski definition) is 4. The summed E-state index contributed by atoms with van der Waals surface area (Å²) < 4.78 is 5.21. The van der Waals surface area contributed by atoms with E-state index in [-0.39, 0.29) is 30.4 Å². The highest BCUT2D eigenvalue weighted by molar-refractivity contribution is 7.10. The summed E-state index contributed by atoms with van der Waals surface area (Å²) in [5.74, 6) is 0.538. The highest BCUT2D eigenvalue weighted by Crippen LogP contribution is 2.37. The van der Waals surface area contributed by atoms with E-state index in [1.807, 2.05) is 36.9 Å². The Bertz CT molecular complexity index is 1090. The molecule has 1 aliphatic heterocycles. The number of nitrogens with zero attached hydrogens (tertiary/aromatic N) is 2. The molecule has 2 amide bonds. The Morgan fingerprint density at radius 2 is 1.85 bits per heavy atom. The van der Waals surface area contributed by atoms with Gasteiger partial charge in [-0.05, 0) is 66.6 Å². The second-order valence-electron chi connectivity index (χ2n) is 8.37. The van der Waals surface area contributed by atoms with E-state index in [0.717, 1.165) is 18.4 Å². The van der Waals surface area contributed by atoms with Crippen LogP contribution in [0, 0.1) is 0 Å².